The van der Waals surface area contributed by atoms with Gasteiger partial charge in [0, 0.05) is 26.2 Å². The number of piperazine rings is 1. The van der Waals surface area contributed by atoms with Crippen LogP contribution in [-0.2, 0) is 0 Å². The van der Waals surface area contributed by atoms with Gasteiger partial charge in [0.15, 0.2) is 5.13 Å². The molecule has 2 heterocycles. The van der Waals surface area contributed by atoms with Gasteiger partial charge in [-0.15, -0.1) is 0 Å². The summed E-state index contributed by atoms with van der Waals surface area (Å²) in [6, 6.07) is 7.86. The van der Waals surface area contributed by atoms with Crippen LogP contribution in [0.5, 0.6) is 0 Å². The second-order valence-electron chi connectivity index (χ2n) is 4.58. The van der Waals surface area contributed by atoms with Crippen molar-refractivity contribution in [3.8, 4) is 6.07 Å². The molecule has 18 heavy (non-hydrogen) atoms. The van der Waals surface area contributed by atoms with Crippen LogP contribution in [0.2, 0.25) is 0 Å². The fraction of sp³-hybridized carbons (Fsp3) is 0.385. The van der Waals surface area contributed by atoms with Crippen molar-refractivity contribution in [1.82, 2.24) is 9.88 Å². The Morgan fingerprint density at radius 1 is 1.28 bits per heavy atom. The summed E-state index contributed by atoms with van der Waals surface area (Å²) in [5.41, 5.74) is 1.70. The zero-order valence-electron chi connectivity index (χ0n) is 10.3. The lowest BCUT2D eigenvalue weighted by molar-refractivity contribution is 0.313. The van der Waals surface area contributed by atoms with Crippen molar-refractivity contribution in [2.24, 2.45) is 0 Å². The molecule has 92 valence electrons. The molecule has 0 spiro atoms. The Balaban J connectivity index is 1.91. The molecule has 0 saturated carbocycles. The van der Waals surface area contributed by atoms with Gasteiger partial charge < -0.3 is 9.80 Å². The van der Waals surface area contributed by atoms with Gasteiger partial charge in [0.2, 0.25) is 0 Å². The maximum atomic E-state index is 8.90. The van der Waals surface area contributed by atoms with Crippen molar-refractivity contribution in [3.05, 3.63) is 23.8 Å². The third kappa shape index (κ3) is 2.05. The zero-order chi connectivity index (χ0) is 12.5. The van der Waals surface area contributed by atoms with Gasteiger partial charge in [0.1, 0.15) is 0 Å². The summed E-state index contributed by atoms with van der Waals surface area (Å²) in [6.45, 7) is 4.22. The molecule has 1 aromatic heterocycles. The fourth-order valence-electron chi connectivity index (χ4n) is 2.11. The van der Waals surface area contributed by atoms with Crippen molar-refractivity contribution >= 4 is 26.7 Å². The first kappa shape index (κ1) is 11.5. The number of hydrogen-bond acceptors (Lipinski definition) is 5. The van der Waals surface area contributed by atoms with Crippen LogP contribution in [0.25, 0.3) is 10.2 Å². The molecule has 1 aliphatic rings. The molecule has 4 nitrogen and oxygen atoms in total. The molecule has 1 fully saturated rings. The van der Waals surface area contributed by atoms with E-state index in [0.717, 1.165) is 41.5 Å². The molecule has 0 atom stereocenters. The van der Waals surface area contributed by atoms with E-state index in [4.69, 9.17) is 5.26 Å². The van der Waals surface area contributed by atoms with Crippen LogP contribution in [0, 0.1) is 11.3 Å². The van der Waals surface area contributed by atoms with Crippen molar-refractivity contribution in [2.75, 3.05) is 38.1 Å². The number of benzene rings is 1. The van der Waals surface area contributed by atoms with Gasteiger partial charge in [-0.25, -0.2) is 4.98 Å². The van der Waals surface area contributed by atoms with Crippen molar-refractivity contribution in [2.45, 2.75) is 0 Å². The topological polar surface area (TPSA) is 43.2 Å². The van der Waals surface area contributed by atoms with E-state index in [1.165, 1.54) is 0 Å². The monoisotopic (exact) mass is 258 g/mol. The van der Waals surface area contributed by atoms with Crippen LogP contribution in [0.3, 0.4) is 0 Å². The second-order valence-corrected chi connectivity index (χ2v) is 5.59. The minimum Gasteiger partial charge on any atom is -0.345 e. The van der Waals surface area contributed by atoms with Crippen LogP contribution >= 0.6 is 11.3 Å². The van der Waals surface area contributed by atoms with E-state index in [1.807, 2.05) is 18.2 Å². The van der Waals surface area contributed by atoms with Crippen molar-refractivity contribution < 1.29 is 0 Å². The van der Waals surface area contributed by atoms with E-state index in [9.17, 15) is 0 Å². The molecule has 3 rings (SSSR count). The van der Waals surface area contributed by atoms with E-state index in [1.54, 1.807) is 11.3 Å². The number of anilines is 1. The highest BCUT2D eigenvalue weighted by Crippen LogP contribution is 2.29. The normalized spacial score (nSPS) is 17.0. The number of hydrogen-bond donors (Lipinski definition) is 0. The van der Waals surface area contributed by atoms with Crippen LogP contribution in [0.15, 0.2) is 18.2 Å². The lowest BCUT2D eigenvalue weighted by atomic mass is 10.2. The summed E-state index contributed by atoms with van der Waals surface area (Å²) >= 11 is 1.68. The molecule has 1 aromatic carbocycles. The highest BCUT2D eigenvalue weighted by Gasteiger charge is 2.17. The summed E-state index contributed by atoms with van der Waals surface area (Å²) in [7, 11) is 2.15. The van der Waals surface area contributed by atoms with E-state index in [0.29, 0.717) is 5.56 Å². The molecule has 0 radical (unpaired) electrons. The summed E-state index contributed by atoms with van der Waals surface area (Å²) in [5.74, 6) is 0. The third-order valence-corrected chi connectivity index (χ3v) is 4.36. The first-order valence-electron chi connectivity index (χ1n) is 6.00. The van der Waals surface area contributed by atoms with Gasteiger partial charge in [-0.1, -0.05) is 11.3 Å². The number of nitrogens with zero attached hydrogens (tertiary/aromatic N) is 4. The van der Waals surface area contributed by atoms with Crippen LogP contribution in [0.1, 0.15) is 5.56 Å². The highest BCUT2D eigenvalue weighted by molar-refractivity contribution is 7.22. The standard InChI is InChI=1S/C13H14N4S/c1-16-4-6-17(7-5-16)13-15-11-3-2-10(9-14)8-12(11)18-13/h2-3,8H,4-7H2,1H3. The van der Waals surface area contributed by atoms with Crippen molar-refractivity contribution in [1.29, 1.82) is 5.26 Å². The average Bonchev–Trinajstić information content (AvgIpc) is 2.82. The molecule has 0 bridgehead atoms. The third-order valence-electron chi connectivity index (χ3n) is 3.28. The van der Waals surface area contributed by atoms with Gasteiger partial charge in [-0.05, 0) is 25.2 Å². The van der Waals surface area contributed by atoms with E-state index in [-0.39, 0.29) is 0 Å². The average molecular weight is 258 g/mol. The zero-order valence-corrected chi connectivity index (χ0v) is 11.1. The van der Waals surface area contributed by atoms with Crippen LogP contribution in [0.4, 0.5) is 5.13 Å². The Kier molecular flexibility index (Phi) is 2.90. The number of rotatable bonds is 1. The van der Waals surface area contributed by atoms with Crippen molar-refractivity contribution in [3.63, 3.8) is 0 Å². The summed E-state index contributed by atoms with van der Waals surface area (Å²) < 4.78 is 1.10. The molecular formula is C13H14N4S. The first-order chi connectivity index (χ1) is 8.76. The van der Waals surface area contributed by atoms with Gasteiger partial charge in [-0.3, -0.25) is 0 Å². The summed E-state index contributed by atoms with van der Waals surface area (Å²) in [6.07, 6.45) is 0. The van der Waals surface area contributed by atoms with E-state index < -0.39 is 0 Å². The molecule has 0 amide bonds. The van der Waals surface area contributed by atoms with E-state index in [2.05, 4.69) is 27.9 Å². The Morgan fingerprint density at radius 3 is 2.78 bits per heavy atom. The predicted molar refractivity (Wildman–Crippen MR) is 74.0 cm³/mol. The molecular weight excluding hydrogens is 244 g/mol. The summed E-state index contributed by atoms with van der Waals surface area (Å²) in [4.78, 5) is 9.31. The largest absolute Gasteiger partial charge is 0.345 e. The maximum absolute atomic E-state index is 8.90. The number of fused-ring (bicyclic) bond motifs is 1. The summed E-state index contributed by atoms with van der Waals surface area (Å²) in [5, 5.41) is 9.98. The van der Waals surface area contributed by atoms with Gasteiger partial charge in [0.05, 0.1) is 21.8 Å². The molecule has 1 saturated heterocycles. The van der Waals surface area contributed by atoms with Gasteiger partial charge in [0.25, 0.3) is 0 Å². The number of nitriles is 1. The quantitative estimate of drug-likeness (QED) is 0.784. The lowest BCUT2D eigenvalue weighted by Crippen LogP contribution is -2.44. The highest BCUT2D eigenvalue weighted by atomic mass is 32.1. The molecule has 2 aromatic rings. The second kappa shape index (κ2) is 4.56. The molecule has 0 unspecified atom stereocenters. The molecule has 1 aliphatic heterocycles. The van der Waals surface area contributed by atoms with Crippen LogP contribution < -0.4 is 4.90 Å². The Bertz CT molecular complexity index is 605. The minimum absolute atomic E-state index is 0.705. The Labute approximate surface area is 110 Å². The minimum atomic E-state index is 0.705. The maximum Gasteiger partial charge on any atom is 0.186 e. The molecule has 0 N–H and O–H groups in total. The van der Waals surface area contributed by atoms with Gasteiger partial charge >= 0.3 is 0 Å². The van der Waals surface area contributed by atoms with Gasteiger partial charge in [-0.2, -0.15) is 5.26 Å². The number of thiazole rings is 1. The Hall–Kier alpha value is -1.64. The van der Waals surface area contributed by atoms with Crippen LogP contribution in [-0.4, -0.2) is 43.1 Å². The molecule has 5 heteroatoms. The van der Waals surface area contributed by atoms with E-state index >= 15 is 0 Å². The predicted octanol–water partition coefficient (Wildman–Crippen LogP) is 1.92. The number of aromatic nitrogens is 1. The number of likely N-dealkylation sites (N-methyl/N-ethyl adjacent to an activating group) is 1. The Morgan fingerprint density at radius 2 is 2.06 bits per heavy atom. The smallest absolute Gasteiger partial charge is 0.186 e. The SMILES string of the molecule is CN1CCN(c2nc3ccc(C#N)cc3s2)CC1. The lowest BCUT2D eigenvalue weighted by Gasteiger charge is -2.31. The fourth-order valence-corrected chi connectivity index (χ4v) is 3.17. The molecule has 0 aliphatic carbocycles. The first-order valence-corrected chi connectivity index (χ1v) is 6.82.